The molecule has 0 aliphatic rings. The molecule has 0 saturated carbocycles. The number of ether oxygens (including phenoxy) is 2. The Kier molecular flexibility index (Phi) is 6.99. The lowest BCUT2D eigenvalue weighted by atomic mass is 10.1. The molecule has 0 amide bonds. The molecule has 10 heteroatoms. The molecule has 2 heterocycles. The van der Waals surface area contributed by atoms with Gasteiger partial charge in [-0.05, 0) is 37.1 Å². The van der Waals surface area contributed by atoms with Crippen LogP contribution in [0, 0.1) is 6.92 Å². The standard InChI is InChI=1S/C19H21N3O5S2/c1-11-14(17(23)24)9-13(27-11)10-28-19-22-21-18(29-19)20-7-6-12-4-5-15(25-2)16(8-12)26-3/h4-5,8-9H,6-7,10H2,1-3H3,(H,20,21)(H,23,24). The van der Waals surface area contributed by atoms with Crippen LogP contribution in [0.25, 0.3) is 0 Å². The van der Waals surface area contributed by atoms with E-state index < -0.39 is 5.97 Å². The highest BCUT2D eigenvalue weighted by atomic mass is 32.2. The molecule has 2 aromatic heterocycles. The number of thioether (sulfide) groups is 1. The number of methoxy groups -OCH3 is 2. The molecule has 0 atom stereocenters. The van der Waals surface area contributed by atoms with Crippen LogP contribution in [0.4, 0.5) is 5.13 Å². The summed E-state index contributed by atoms with van der Waals surface area (Å²) >= 11 is 2.90. The van der Waals surface area contributed by atoms with Crippen LogP contribution in [0.5, 0.6) is 11.5 Å². The topological polar surface area (TPSA) is 107 Å². The second-order valence-electron chi connectivity index (χ2n) is 6.02. The third kappa shape index (κ3) is 5.42. The van der Waals surface area contributed by atoms with Crippen LogP contribution in [-0.2, 0) is 12.2 Å². The number of aromatic nitrogens is 2. The van der Waals surface area contributed by atoms with Gasteiger partial charge in [0, 0.05) is 6.54 Å². The number of rotatable bonds is 10. The Morgan fingerprint density at radius 2 is 2.03 bits per heavy atom. The molecule has 0 aliphatic heterocycles. The van der Waals surface area contributed by atoms with Crippen molar-refractivity contribution in [3.05, 3.63) is 46.9 Å². The van der Waals surface area contributed by atoms with Crippen molar-refractivity contribution in [3.63, 3.8) is 0 Å². The van der Waals surface area contributed by atoms with Crippen molar-refractivity contribution in [1.29, 1.82) is 0 Å². The van der Waals surface area contributed by atoms with E-state index in [0.29, 0.717) is 35.3 Å². The molecule has 0 radical (unpaired) electrons. The Morgan fingerprint density at radius 3 is 2.72 bits per heavy atom. The van der Waals surface area contributed by atoms with Gasteiger partial charge in [-0.15, -0.1) is 10.2 Å². The van der Waals surface area contributed by atoms with Crippen LogP contribution in [0.1, 0.15) is 27.4 Å². The maximum Gasteiger partial charge on any atom is 0.339 e. The summed E-state index contributed by atoms with van der Waals surface area (Å²) in [4.78, 5) is 11.1. The highest BCUT2D eigenvalue weighted by molar-refractivity contribution is 8.00. The Morgan fingerprint density at radius 1 is 1.24 bits per heavy atom. The van der Waals surface area contributed by atoms with Crippen molar-refractivity contribution >= 4 is 34.2 Å². The van der Waals surface area contributed by atoms with Gasteiger partial charge in [-0.25, -0.2) is 4.79 Å². The van der Waals surface area contributed by atoms with Gasteiger partial charge in [0.05, 0.1) is 20.0 Å². The number of carbonyl (C=O) groups is 1. The molecule has 2 N–H and O–H groups in total. The molecule has 0 bridgehead atoms. The average molecular weight is 436 g/mol. The van der Waals surface area contributed by atoms with Crippen molar-refractivity contribution in [1.82, 2.24) is 10.2 Å². The molecular formula is C19H21N3O5S2. The van der Waals surface area contributed by atoms with E-state index in [4.69, 9.17) is 19.0 Å². The fourth-order valence-corrected chi connectivity index (χ4v) is 4.31. The molecule has 0 saturated heterocycles. The second kappa shape index (κ2) is 9.66. The van der Waals surface area contributed by atoms with Gasteiger partial charge in [0.2, 0.25) is 5.13 Å². The first-order chi connectivity index (χ1) is 14.0. The van der Waals surface area contributed by atoms with Crippen molar-refractivity contribution in [3.8, 4) is 11.5 Å². The molecular weight excluding hydrogens is 414 g/mol. The zero-order chi connectivity index (χ0) is 20.8. The Labute approximate surface area is 176 Å². The van der Waals surface area contributed by atoms with Crippen LogP contribution in [0.3, 0.4) is 0 Å². The molecule has 0 aliphatic carbocycles. The highest BCUT2D eigenvalue weighted by Gasteiger charge is 2.14. The van der Waals surface area contributed by atoms with E-state index in [0.717, 1.165) is 21.5 Å². The molecule has 3 aromatic rings. The summed E-state index contributed by atoms with van der Waals surface area (Å²) in [6, 6.07) is 7.40. The van der Waals surface area contributed by atoms with Crippen molar-refractivity contribution < 1.29 is 23.8 Å². The number of anilines is 1. The third-order valence-electron chi connectivity index (χ3n) is 4.08. The van der Waals surface area contributed by atoms with Crippen molar-refractivity contribution in [2.45, 2.75) is 23.4 Å². The average Bonchev–Trinajstić information content (AvgIpc) is 3.32. The molecule has 154 valence electrons. The SMILES string of the molecule is COc1ccc(CCNc2nnc(SCc3cc(C(=O)O)c(C)o3)s2)cc1OC. The number of benzene rings is 1. The van der Waals surface area contributed by atoms with E-state index in [9.17, 15) is 4.79 Å². The Hall–Kier alpha value is -2.72. The lowest BCUT2D eigenvalue weighted by molar-refractivity contribution is 0.0695. The van der Waals surface area contributed by atoms with Crippen LogP contribution in [0.15, 0.2) is 33.0 Å². The zero-order valence-electron chi connectivity index (χ0n) is 16.2. The Balaban J connectivity index is 1.49. The minimum atomic E-state index is -0.987. The summed E-state index contributed by atoms with van der Waals surface area (Å²) in [7, 11) is 3.23. The van der Waals surface area contributed by atoms with Crippen molar-refractivity contribution in [2.75, 3.05) is 26.1 Å². The summed E-state index contributed by atoms with van der Waals surface area (Å²) in [5.41, 5.74) is 1.31. The first-order valence-electron chi connectivity index (χ1n) is 8.74. The fraction of sp³-hybridized carbons (Fsp3) is 0.316. The first-order valence-corrected chi connectivity index (χ1v) is 10.5. The molecule has 29 heavy (non-hydrogen) atoms. The number of aryl methyl sites for hydroxylation is 1. The monoisotopic (exact) mass is 435 g/mol. The lowest BCUT2D eigenvalue weighted by Crippen LogP contribution is -2.04. The van der Waals surface area contributed by atoms with Crippen LogP contribution >= 0.6 is 23.1 Å². The van der Waals surface area contributed by atoms with Gasteiger partial charge in [0.15, 0.2) is 15.8 Å². The van der Waals surface area contributed by atoms with E-state index in [-0.39, 0.29) is 5.56 Å². The summed E-state index contributed by atoms with van der Waals surface area (Å²) in [5, 5.41) is 21.4. The molecule has 0 unspecified atom stereocenters. The van der Waals surface area contributed by atoms with Gasteiger partial charge in [-0.1, -0.05) is 29.2 Å². The number of aromatic carboxylic acids is 1. The predicted molar refractivity (Wildman–Crippen MR) is 112 cm³/mol. The predicted octanol–water partition coefficient (Wildman–Crippen LogP) is 4.10. The number of carboxylic acid groups (broad SMARTS) is 1. The van der Waals surface area contributed by atoms with Gasteiger partial charge in [0.1, 0.15) is 17.1 Å². The van der Waals surface area contributed by atoms with Gasteiger partial charge in [-0.3, -0.25) is 0 Å². The number of nitrogens with one attached hydrogen (secondary N) is 1. The van der Waals surface area contributed by atoms with Crippen molar-refractivity contribution in [2.24, 2.45) is 0 Å². The second-order valence-corrected chi connectivity index (χ2v) is 8.22. The first kappa shape index (κ1) is 21.0. The minimum absolute atomic E-state index is 0.190. The summed E-state index contributed by atoms with van der Waals surface area (Å²) in [6.45, 7) is 2.34. The van der Waals surface area contributed by atoms with E-state index in [2.05, 4.69) is 15.5 Å². The number of hydrogen-bond acceptors (Lipinski definition) is 9. The van der Waals surface area contributed by atoms with E-state index in [1.807, 2.05) is 18.2 Å². The van der Waals surface area contributed by atoms with Gasteiger partial charge < -0.3 is 24.3 Å². The van der Waals surface area contributed by atoms with Crippen LogP contribution in [-0.4, -0.2) is 42.0 Å². The minimum Gasteiger partial charge on any atom is -0.493 e. The number of furan rings is 1. The van der Waals surface area contributed by atoms with E-state index >= 15 is 0 Å². The van der Waals surface area contributed by atoms with Gasteiger partial charge >= 0.3 is 5.97 Å². The summed E-state index contributed by atoms with van der Waals surface area (Å²) < 4.78 is 16.8. The maximum absolute atomic E-state index is 11.1. The third-order valence-corrected chi connectivity index (χ3v) is 6.12. The highest BCUT2D eigenvalue weighted by Crippen LogP contribution is 2.30. The maximum atomic E-state index is 11.1. The largest absolute Gasteiger partial charge is 0.493 e. The van der Waals surface area contributed by atoms with E-state index in [1.54, 1.807) is 27.2 Å². The lowest BCUT2D eigenvalue weighted by Gasteiger charge is -2.09. The summed E-state index contributed by atoms with van der Waals surface area (Å²) in [6.07, 6.45) is 0.798. The Bertz CT molecular complexity index is 986. The molecule has 0 spiro atoms. The van der Waals surface area contributed by atoms with Crippen LogP contribution in [0.2, 0.25) is 0 Å². The quantitative estimate of drug-likeness (QED) is 0.455. The van der Waals surface area contributed by atoms with E-state index in [1.165, 1.54) is 23.1 Å². The van der Waals surface area contributed by atoms with Gasteiger partial charge in [0.25, 0.3) is 0 Å². The summed E-state index contributed by atoms with van der Waals surface area (Å²) in [5.74, 6) is 1.93. The fourth-order valence-electron chi connectivity index (χ4n) is 2.65. The molecule has 0 fully saturated rings. The number of nitrogens with zero attached hydrogens (tertiary/aromatic N) is 2. The smallest absolute Gasteiger partial charge is 0.339 e. The normalized spacial score (nSPS) is 10.7. The number of hydrogen-bond donors (Lipinski definition) is 2. The molecule has 3 rings (SSSR count). The number of carboxylic acids is 1. The molecule has 8 nitrogen and oxygen atoms in total. The van der Waals surface area contributed by atoms with Gasteiger partial charge in [-0.2, -0.15) is 0 Å². The van der Waals surface area contributed by atoms with Crippen LogP contribution < -0.4 is 14.8 Å². The zero-order valence-corrected chi connectivity index (χ0v) is 17.9. The molecule has 1 aromatic carbocycles.